The van der Waals surface area contributed by atoms with Crippen LogP contribution in [-0.4, -0.2) is 0 Å². The minimum Gasteiger partial charge on any atom is -0.0807 e. The Bertz CT molecular complexity index is 321. The van der Waals surface area contributed by atoms with Crippen molar-refractivity contribution in [3.05, 3.63) is 41.5 Å². The van der Waals surface area contributed by atoms with Gasteiger partial charge in [-0.2, -0.15) is 0 Å². The van der Waals surface area contributed by atoms with Crippen molar-refractivity contribution in [3.8, 4) is 0 Å². The van der Waals surface area contributed by atoms with Crippen LogP contribution in [0.15, 0.2) is 30.3 Å². The van der Waals surface area contributed by atoms with Crippen molar-refractivity contribution < 1.29 is 0 Å². The standard InChI is InChI=1S/C15H22/c1-4-6-11-14(9-5-2)15-12-8-7-10-13(15)3/h7-8,10-12H,4-6,9H2,1-3H3/b14-11+. The highest BCUT2D eigenvalue weighted by Gasteiger charge is 2.02. The fraction of sp³-hybridized carbons (Fsp3) is 0.467. The zero-order chi connectivity index (χ0) is 11.1. The SMILES string of the molecule is CCC/C=C(\CCC)c1ccccc1C. The summed E-state index contributed by atoms with van der Waals surface area (Å²) in [4.78, 5) is 0. The van der Waals surface area contributed by atoms with Gasteiger partial charge in [0.2, 0.25) is 0 Å². The Hall–Kier alpha value is -1.04. The Morgan fingerprint density at radius 2 is 1.87 bits per heavy atom. The molecule has 0 N–H and O–H groups in total. The van der Waals surface area contributed by atoms with Gasteiger partial charge in [-0.05, 0) is 36.5 Å². The van der Waals surface area contributed by atoms with E-state index in [1.807, 2.05) is 0 Å². The van der Waals surface area contributed by atoms with Crippen LogP contribution in [0.2, 0.25) is 0 Å². The number of aryl methyl sites for hydroxylation is 1. The second-order valence-electron chi connectivity index (χ2n) is 4.08. The average Bonchev–Trinajstić information content (AvgIpc) is 2.25. The van der Waals surface area contributed by atoms with Crippen molar-refractivity contribution in [2.24, 2.45) is 0 Å². The molecule has 0 heteroatoms. The normalized spacial score (nSPS) is 11.8. The van der Waals surface area contributed by atoms with Crippen LogP contribution in [0.4, 0.5) is 0 Å². The molecule has 0 aliphatic heterocycles. The Kier molecular flexibility index (Phi) is 5.17. The number of hydrogen-bond acceptors (Lipinski definition) is 0. The maximum Gasteiger partial charge on any atom is -0.0198 e. The third-order valence-corrected chi connectivity index (χ3v) is 2.69. The van der Waals surface area contributed by atoms with Gasteiger partial charge in [0.25, 0.3) is 0 Å². The summed E-state index contributed by atoms with van der Waals surface area (Å²) in [5, 5.41) is 0. The predicted molar refractivity (Wildman–Crippen MR) is 69.0 cm³/mol. The lowest BCUT2D eigenvalue weighted by Gasteiger charge is -2.09. The van der Waals surface area contributed by atoms with E-state index in [2.05, 4.69) is 51.1 Å². The topological polar surface area (TPSA) is 0 Å². The smallest absolute Gasteiger partial charge is 0.0198 e. The minimum absolute atomic E-state index is 1.20. The van der Waals surface area contributed by atoms with Gasteiger partial charge in [-0.3, -0.25) is 0 Å². The minimum atomic E-state index is 1.20. The lowest BCUT2D eigenvalue weighted by molar-refractivity contribution is 0.932. The lowest BCUT2D eigenvalue weighted by Crippen LogP contribution is -1.88. The zero-order valence-electron chi connectivity index (χ0n) is 10.2. The van der Waals surface area contributed by atoms with Crippen LogP contribution >= 0.6 is 0 Å². The van der Waals surface area contributed by atoms with Crippen molar-refractivity contribution in [2.45, 2.75) is 46.5 Å². The predicted octanol–water partition coefficient (Wildman–Crippen LogP) is 4.98. The van der Waals surface area contributed by atoms with Gasteiger partial charge in [0, 0.05) is 0 Å². The Balaban J connectivity index is 2.93. The van der Waals surface area contributed by atoms with E-state index in [0.29, 0.717) is 0 Å². The van der Waals surface area contributed by atoms with Crippen molar-refractivity contribution in [1.29, 1.82) is 0 Å². The second kappa shape index (κ2) is 6.44. The molecule has 0 amide bonds. The van der Waals surface area contributed by atoms with Gasteiger partial charge < -0.3 is 0 Å². The highest BCUT2D eigenvalue weighted by Crippen LogP contribution is 2.23. The molecule has 0 nitrogen and oxygen atoms in total. The summed E-state index contributed by atoms with van der Waals surface area (Å²) >= 11 is 0. The first kappa shape index (κ1) is 12.0. The molecule has 0 unspecified atom stereocenters. The molecular weight excluding hydrogens is 180 g/mol. The Morgan fingerprint density at radius 3 is 2.47 bits per heavy atom. The molecule has 0 saturated carbocycles. The quantitative estimate of drug-likeness (QED) is 0.631. The summed E-state index contributed by atoms with van der Waals surface area (Å²) in [6.07, 6.45) is 7.27. The van der Waals surface area contributed by atoms with Gasteiger partial charge in [0.05, 0.1) is 0 Å². The first-order valence-electron chi connectivity index (χ1n) is 6.04. The Labute approximate surface area is 94.0 Å². The van der Waals surface area contributed by atoms with E-state index >= 15 is 0 Å². The fourth-order valence-corrected chi connectivity index (χ4v) is 1.87. The van der Waals surface area contributed by atoms with E-state index in [0.717, 1.165) is 0 Å². The monoisotopic (exact) mass is 202 g/mol. The zero-order valence-corrected chi connectivity index (χ0v) is 10.2. The maximum atomic E-state index is 2.41. The molecule has 0 saturated heterocycles. The van der Waals surface area contributed by atoms with Crippen molar-refractivity contribution in [2.75, 3.05) is 0 Å². The molecule has 0 radical (unpaired) electrons. The van der Waals surface area contributed by atoms with E-state index in [-0.39, 0.29) is 0 Å². The second-order valence-corrected chi connectivity index (χ2v) is 4.08. The molecule has 82 valence electrons. The Morgan fingerprint density at radius 1 is 1.13 bits per heavy atom. The highest BCUT2D eigenvalue weighted by atomic mass is 14.1. The van der Waals surface area contributed by atoms with E-state index < -0.39 is 0 Å². The third-order valence-electron chi connectivity index (χ3n) is 2.69. The van der Waals surface area contributed by atoms with Gasteiger partial charge in [-0.15, -0.1) is 0 Å². The molecule has 0 atom stereocenters. The largest absolute Gasteiger partial charge is 0.0807 e. The molecule has 0 bridgehead atoms. The van der Waals surface area contributed by atoms with Gasteiger partial charge in [0.15, 0.2) is 0 Å². The maximum absolute atomic E-state index is 2.41. The first-order valence-corrected chi connectivity index (χ1v) is 6.04. The van der Waals surface area contributed by atoms with E-state index in [4.69, 9.17) is 0 Å². The highest BCUT2D eigenvalue weighted by molar-refractivity contribution is 5.68. The molecule has 0 heterocycles. The fourth-order valence-electron chi connectivity index (χ4n) is 1.87. The van der Waals surface area contributed by atoms with Crippen LogP contribution in [0.25, 0.3) is 5.57 Å². The third kappa shape index (κ3) is 3.54. The molecule has 1 rings (SSSR count). The van der Waals surface area contributed by atoms with Crippen molar-refractivity contribution in [1.82, 2.24) is 0 Å². The van der Waals surface area contributed by atoms with Gasteiger partial charge in [-0.25, -0.2) is 0 Å². The average molecular weight is 202 g/mol. The molecule has 0 aliphatic rings. The molecule has 1 aromatic carbocycles. The summed E-state index contributed by atoms with van der Waals surface area (Å²) in [7, 11) is 0. The molecule has 1 aromatic rings. The summed E-state index contributed by atoms with van der Waals surface area (Å²) in [6, 6.07) is 8.69. The van der Waals surface area contributed by atoms with Crippen molar-refractivity contribution in [3.63, 3.8) is 0 Å². The molecule has 0 aromatic heterocycles. The van der Waals surface area contributed by atoms with Crippen LogP contribution in [0, 0.1) is 6.92 Å². The van der Waals surface area contributed by atoms with Crippen LogP contribution < -0.4 is 0 Å². The summed E-state index contributed by atoms with van der Waals surface area (Å²) in [5.74, 6) is 0. The summed E-state index contributed by atoms with van der Waals surface area (Å²) in [6.45, 7) is 6.68. The van der Waals surface area contributed by atoms with Crippen LogP contribution in [-0.2, 0) is 0 Å². The van der Waals surface area contributed by atoms with Crippen LogP contribution in [0.5, 0.6) is 0 Å². The number of benzene rings is 1. The number of hydrogen-bond donors (Lipinski definition) is 0. The summed E-state index contributed by atoms with van der Waals surface area (Å²) < 4.78 is 0. The number of allylic oxidation sites excluding steroid dienone is 2. The molecule has 0 spiro atoms. The molecule has 0 fully saturated rings. The number of unbranched alkanes of at least 4 members (excludes halogenated alkanes) is 1. The van der Waals surface area contributed by atoms with Crippen molar-refractivity contribution >= 4 is 5.57 Å². The first-order chi connectivity index (χ1) is 7.29. The van der Waals surface area contributed by atoms with E-state index in [1.165, 1.54) is 42.4 Å². The molecule has 0 aliphatic carbocycles. The van der Waals surface area contributed by atoms with Crippen LogP contribution in [0.3, 0.4) is 0 Å². The molecular formula is C15H22. The van der Waals surface area contributed by atoms with Gasteiger partial charge in [0.1, 0.15) is 0 Å². The summed E-state index contributed by atoms with van der Waals surface area (Å²) in [5.41, 5.74) is 4.36. The number of rotatable bonds is 5. The van der Waals surface area contributed by atoms with Gasteiger partial charge in [-0.1, -0.05) is 57.0 Å². The van der Waals surface area contributed by atoms with E-state index in [1.54, 1.807) is 0 Å². The lowest BCUT2D eigenvalue weighted by atomic mass is 9.96. The van der Waals surface area contributed by atoms with E-state index in [9.17, 15) is 0 Å². The molecule has 15 heavy (non-hydrogen) atoms. The van der Waals surface area contributed by atoms with Gasteiger partial charge >= 0.3 is 0 Å². The van der Waals surface area contributed by atoms with Crippen LogP contribution in [0.1, 0.15) is 50.7 Å².